The van der Waals surface area contributed by atoms with Gasteiger partial charge in [-0.25, -0.2) is 0 Å². The number of benzene rings is 2. The van der Waals surface area contributed by atoms with Gasteiger partial charge in [0.1, 0.15) is 0 Å². The highest BCUT2D eigenvalue weighted by Crippen LogP contribution is 2.36. The van der Waals surface area contributed by atoms with Crippen molar-refractivity contribution in [2.45, 2.75) is 20.8 Å². The van der Waals surface area contributed by atoms with Crippen LogP contribution < -0.4 is 9.75 Å². The maximum Gasteiger partial charge on any atom is 0.280 e. The van der Waals surface area contributed by atoms with Gasteiger partial charge in [-0.2, -0.15) is 10.1 Å². The number of phenolic OH excluding ortho intramolecular Hbond substituents is 1. The lowest BCUT2D eigenvalue weighted by Crippen LogP contribution is -2.21. The minimum Gasteiger partial charge on any atom is -0.503 e. The van der Waals surface area contributed by atoms with E-state index >= 15 is 0 Å². The fourth-order valence-corrected chi connectivity index (χ4v) is 2.87. The standard InChI is InChI=1S/C20H19ClN2O3/c1-4-26-18-11-14(10-17(21)19(18)24)9-16-13(3)22-23(20(16)25)15-7-5-12(2)6-8-15/h5-11,24H,4H2,1-3H3/b16-9-. The number of amides is 1. The Balaban J connectivity index is 1.96. The molecule has 0 fully saturated rings. The van der Waals surface area contributed by atoms with Crippen molar-refractivity contribution >= 4 is 35.0 Å². The van der Waals surface area contributed by atoms with Crippen LogP contribution in [-0.4, -0.2) is 23.3 Å². The molecule has 1 N–H and O–H groups in total. The molecule has 0 aliphatic carbocycles. The third-order valence-electron chi connectivity index (χ3n) is 4.00. The largest absolute Gasteiger partial charge is 0.503 e. The van der Waals surface area contributed by atoms with Crippen molar-refractivity contribution < 1.29 is 14.6 Å². The molecule has 3 rings (SSSR count). The molecule has 1 aliphatic rings. The molecule has 6 heteroatoms. The zero-order valence-electron chi connectivity index (χ0n) is 14.8. The van der Waals surface area contributed by atoms with Crippen LogP contribution in [0.2, 0.25) is 5.02 Å². The minimum absolute atomic E-state index is 0.111. The first-order valence-corrected chi connectivity index (χ1v) is 8.62. The van der Waals surface area contributed by atoms with Gasteiger partial charge in [0.15, 0.2) is 11.5 Å². The highest BCUT2D eigenvalue weighted by Gasteiger charge is 2.28. The second-order valence-corrected chi connectivity index (χ2v) is 6.39. The Morgan fingerprint density at radius 3 is 2.58 bits per heavy atom. The van der Waals surface area contributed by atoms with E-state index in [2.05, 4.69) is 5.10 Å². The zero-order chi connectivity index (χ0) is 18.8. The van der Waals surface area contributed by atoms with Crippen LogP contribution in [0.4, 0.5) is 5.69 Å². The number of hydrogen-bond donors (Lipinski definition) is 1. The molecule has 1 heterocycles. The van der Waals surface area contributed by atoms with Crippen molar-refractivity contribution in [1.82, 2.24) is 0 Å². The maximum absolute atomic E-state index is 12.8. The summed E-state index contributed by atoms with van der Waals surface area (Å²) in [5, 5.41) is 15.9. The summed E-state index contributed by atoms with van der Waals surface area (Å²) < 4.78 is 5.39. The van der Waals surface area contributed by atoms with Crippen LogP contribution in [-0.2, 0) is 4.79 Å². The molecule has 0 spiro atoms. The van der Waals surface area contributed by atoms with Gasteiger partial charge >= 0.3 is 0 Å². The molecular formula is C20H19ClN2O3. The summed E-state index contributed by atoms with van der Waals surface area (Å²) in [6.07, 6.45) is 1.70. The first-order chi connectivity index (χ1) is 12.4. The summed E-state index contributed by atoms with van der Waals surface area (Å²) in [4.78, 5) is 12.8. The van der Waals surface area contributed by atoms with E-state index in [0.717, 1.165) is 5.56 Å². The lowest BCUT2D eigenvalue weighted by molar-refractivity contribution is -0.114. The number of hydrogen-bond acceptors (Lipinski definition) is 4. The van der Waals surface area contributed by atoms with E-state index in [9.17, 15) is 9.90 Å². The lowest BCUT2D eigenvalue weighted by Gasteiger charge is -2.12. The van der Waals surface area contributed by atoms with Gasteiger partial charge in [0.25, 0.3) is 5.91 Å². The van der Waals surface area contributed by atoms with E-state index in [0.29, 0.717) is 29.1 Å². The van der Waals surface area contributed by atoms with Gasteiger partial charge in [0.05, 0.1) is 28.6 Å². The zero-order valence-corrected chi connectivity index (χ0v) is 15.5. The number of ether oxygens (including phenoxy) is 1. The summed E-state index contributed by atoms with van der Waals surface area (Å²) in [5.41, 5.74) is 3.55. The number of phenols is 1. The number of carbonyl (C=O) groups is 1. The normalized spacial score (nSPS) is 15.5. The molecule has 1 amide bonds. The number of carbonyl (C=O) groups excluding carboxylic acids is 1. The number of aryl methyl sites for hydroxylation is 1. The summed E-state index contributed by atoms with van der Waals surface area (Å²) in [7, 11) is 0. The Morgan fingerprint density at radius 1 is 1.23 bits per heavy atom. The van der Waals surface area contributed by atoms with Gasteiger partial charge in [-0.1, -0.05) is 29.3 Å². The van der Waals surface area contributed by atoms with E-state index in [-0.39, 0.29) is 22.4 Å². The smallest absolute Gasteiger partial charge is 0.280 e. The number of rotatable bonds is 4. The first-order valence-electron chi connectivity index (χ1n) is 8.24. The van der Waals surface area contributed by atoms with Crippen LogP contribution in [0, 0.1) is 6.92 Å². The van der Waals surface area contributed by atoms with E-state index in [4.69, 9.17) is 16.3 Å². The predicted molar refractivity (Wildman–Crippen MR) is 104 cm³/mol. The molecule has 0 atom stereocenters. The molecule has 0 radical (unpaired) electrons. The summed E-state index contributed by atoms with van der Waals surface area (Å²) in [6, 6.07) is 10.8. The molecule has 0 aromatic heterocycles. The van der Waals surface area contributed by atoms with Gasteiger partial charge in [0, 0.05) is 0 Å². The van der Waals surface area contributed by atoms with Gasteiger partial charge in [-0.3, -0.25) is 4.79 Å². The topological polar surface area (TPSA) is 62.1 Å². The van der Waals surface area contributed by atoms with Gasteiger partial charge in [-0.15, -0.1) is 0 Å². The molecule has 5 nitrogen and oxygen atoms in total. The van der Waals surface area contributed by atoms with Crippen LogP contribution in [0.1, 0.15) is 25.0 Å². The summed E-state index contributed by atoms with van der Waals surface area (Å²) in [6.45, 7) is 5.98. The molecule has 0 saturated heterocycles. The molecule has 1 aliphatic heterocycles. The van der Waals surface area contributed by atoms with E-state index in [1.54, 1.807) is 25.1 Å². The van der Waals surface area contributed by atoms with Gasteiger partial charge in [-0.05, 0) is 56.7 Å². The van der Waals surface area contributed by atoms with Crippen molar-refractivity contribution in [3.05, 3.63) is 58.1 Å². The quantitative estimate of drug-likeness (QED) is 0.802. The van der Waals surface area contributed by atoms with Crippen LogP contribution in [0.5, 0.6) is 11.5 Å². The minimum atomic E-state index is -0.214. The van der Waals surface area contributed by atoms with Crippen molar-refractivity contribution in [2.75, 3.05) is 11.6 Å². The molecule has 2 aromatic rings. The van der Waals surface area contributed by atoms with Crippen molar-refractivity contribution in [1.29, 1.82) is 0 Å². The maximum atomic E-state index is 12.8. The fourth-order valence-electron chi connectivity index (χ4n) is 2.65. The Labute approximate surface area is 157 Å². The lowest BCUT2D eigenvalue weighted by atomic mass is 10.1. The third-order valence-corrected chi connectivity index (χ3v) is 4.29. The molecule has 0 unspecified atom stereocenters. The number of nitrogens with zero attached hydrogens (tertiary/aromatic N) is 2. The monoisotopic (exact) mass is 370 g/mol. The highest BCUT2D eigenvalue weighted by atomic mass is 35.5. The first kappa shape index (κ1) is 18.0. The molecular weight excluding hydrogens is 352 g/mol. The van der Waals surface area contributed by atoms with Crippen LogP contribution in [0.15, 0.2) is 47.1 Å². The Hall–Kier alpha value is -2.79. The Morgan fingerprint density at radius 2 is 1.92 bits per heavy atom. The number of hydrazone groups is 1. The van der Waals surface area contributed by atoms with Gasteiger partial charge < -0.3 is 9.84 Å². The van der Waals surface area contributed by atoms with Crippen LogP contribution >= 0.6 is 11.6 Å². The molecule has 2 aromatic carbocycles. The van der Waals surface area contributed by atoms with Crippen molar-refractivity contribution in [3.8, 4) is 11.5 Å². The van der Waals surface area contributed by atoms with Crippen molar-refractivity contribution in [2.24, 2.45) is 5.10 Å². The second-order valence-electron chi connectivity index (χ2n) is 5.98. The second kappa shape index (κ2) is 7.22. The molecule has 0 saturated carbocycles. The third kappa shape index (κ3) is 3.44. The average molecular weight is 371 g/mol. The highest BCUT2D eigenvalue weighted by molar-refractivity contribution is 6.33. The summed E-state index contributed by atoms with van der Waals surface area (Å²) in [5.74, 6) is -0.0455. The molecule has 26 heavy (non-hydrogen) atoms. The summed E-state index contributed by atoms with van der Waals surface area (Å²) >= 11 is 6.07. The molecule has 0 bridgehead atoms. The van der Waals surface area contributed by atoms with E-state index < -0.39 is 0 Å². The Kier molecular flexibility index (Phi) is 5.00. The number of aromatic hydroxyl groups is 1. The predicted octanol–water partition coefficient (Wildman–Crippen LogP) is 4.56. The SMILES string of the molecule is CCOc1cc(/C=C2\C(=O)N(c3ccc(C)cc3)N=C2C)cc(Cl)c1O. The fraction of sp³-hybridized carbons (Fsp3) is 0.200. The van der Waals surface area contributed by atoms with Crippen LogP contribution in [0.3, 0.4) is 0 Å². The number of halogens is 1. The Bertz CT molecular complexity index is 917. The van der Waals surface area contributed by atoms with E-state index in [1.165, 1.54) is 5.01 Å². The van der Waals surface area contributed by atoms with Crippen LogP contribution in [0.25, 0.3) is 6.08 Å². The number of anilines is 1. The molecule has 134 valence electrons. The average Bonchev–Trinajstić information content (AvgIpc) is 2.88. The van der Waals surface area contributed by atoms with Crippen molar-refractivity contribution in [3.63, 3.8) is 0 Å². The van der Waals surface area contributed by atoms with E-state index in [1.807, 2.05) is 38.1 Å². The van der Waals surface area contributed by atoms with Gasteiger partial charge in [0.2, 0.25) is 0 Å².